The minimum absolute atomic E-state index is 0.152. The number of aryl methyl sites for hydroxylation is 3. The molecule has 0 spiro atoms. The van der Waals surface area contributed by atoms with Crippen LogP contribution in [-0.2, 0) is 0 Å². The van der Waals surface area contributed by atoms with Gasteiger partial charge < -0.3 is 0 Å². The second kappa shape index (κ2) is 10.5. The van der Waals surface area contributed by atoms with E-state index in [-0.39, 0.29) is 16.3 Å². The van der Waals surface area contributed by atoms with Gasteiger partial charge in [0.2, 0.25) is 0 Å². The summed E-state index contributed by atoms with van der Waals surface area (Å²) in [4.78, 5) is 44.2. The molecular weight excluding hydrogens is 625 g/mol. The Balaban J connectivity index is 1.38. The average molecular weight is 655 g/mol. The van der Waals surface area contributed by atoms with Gasteiger partial charge in [-0.1, -0.05) is 126 Å². The molecule has 0 bridgehead atoms. The lowest BCUT2D eigenvalue weighted by Gasteiger charge is -2.04. The molecule has 0 aliphatic heterocycles. The number of hydrogen-bond donors (Lipinski definition) is 0. The van der Waals surface area contributed by atoms with Crippen LogP contribution >= 0.6 is 0 Å². The summed E-state index contributed by atoms with van der Waals surface area (Å²) < 4.78 is 0. The molecule has 51 heavy (non-hydrogen) atoms. The highest BCUT2D eigenvalue weighted by atomic mass is 16.1. The lowest BCUT2D eigenvalue weighted by atomic mass is 9.98. The third-order valence-corrected chi connectivity index (χ3v) is 10.9. The fourth-order valence-electron chi connectivity index (χ4n) is 8.27. The fraction of sp³-hybridized carbons (Fsp3) is 0.0625. The van der Waals surface area contributed by atoms with E-state index in [0.29, 0.717) is 48.5 Å². The second-order valence-electron chi connectivity index (χ2n) is 14.1. The van der Waals surface area contributed by atoms with E-state index in [0.717, 1.165) is 66.2 Å². The van der Waals surface area contributed by atoms with Gasteiger partial charge in [0.25, 0.3) is 0 Å². The van der Waals surface area contributed by atoms with Gasteiger partial charge >= 0.3 is 0 Å². The van der Waals surface area contributed by atoms with E-state index >= 15 is 0 Å². The Labute approximate surface area is 292 Å². The first-order valence-electron chi connectivity index (χ1n) is 17.3. The Bertz CT molecular complexity index is 2850. The molecule has 0 amide bonds. The quantitative estimate of drug-likeness (QED) is 0.190. The Morgan fingerprint density at radius 1 is 0.255 bits per heavy atom. The van der Waals surface area contributed by atoms with Crippen LogP contribution in [-0.4, -0.2) is 0 Å². The summed E-state index contributed by atoms with van der Waals surface area (Å²) in [6.07, 6.45) is 0. The van der Waals surface area contributed by atoms with Crippen LogP contribution in [0.25, 0.3) is 98.0 Å². The van der Waals surface area contributed by atoms with Gasteiger partial charge in [-0.3, -0.25) is 14.4 Å². The van der Waals surface area contributed by atoms with Gasteiger partial charge in [0.1, 0.15) is 0 Å². The van der Waals surface area contributed by atoms with E-state index in [4.69, 9.17) is 0 Å². The molecule has 0 aromatic heterocycles. The third kappa shape index (κ3) is 4.15. The highest BCUT2D eigenvalue weighted by Gasteiger charge is 2.27. The molecule has 0 N–H and O–H groups in total. The van der Waals surface area contributed by atoms with Gasteiger partial charge in [-0.15, -0.1) is 0 Å². The molecule has 3 heteroatoms. The third-order valence-electron chi connectivity index (χ3n) is 10.9. The van der Waals surface area contributed by atoms with Crippen molar-refractivity contribution >= 4 is 64.6 Å². The summed E-state index contributed by atoms with van der Waals surface area (Å²) in [7, 11) is 0. The molecule has 10 aromatic carbocycles. The number of fused-ring (bicyclic) bond motifs is 12. The average Bonchev–Trinajstić information content (AvgIpc) is 3.72. The first-order valence-corrected chi connectivity index (χ1v) is 17.3. The largest absolute Gasteiger partial charge is 0.289 e. The van der Waals surface area contributed by atoms with Crippen molar-refractivity contribution < 1.29 is 0 Å². The predicted octanol–water partition coefficient (Wildman–Crippen LogP) is 10.9. The normalized spacial score (nSPS) is 12.1. The number of benzene rings is 7. The van der Waals surface area contributed by atoms with Crippen molar-refractivity contribution in [1.29, 1.82) is 0 Å². The van der Waals surface area contributed by atoms with Gasteiger partial charge in [0.05, 0.1) is 0 Å². The van der Waals surface area contributed by atoms with Crippen molar-refractivity contribution in [3.05, 3.63) is 175 Å². The van der Waals surface area contributed by atoms with Crippen molar-refractivity contribution in [1.82, 2.24) is 0 Å². The maximum atomic E-state index is 14.7. The minimum atomic E-state index is -0.152. The van der Waals surface area contributed by atoms with Gasteiger partial charge in [-0.05, 0) is 88.5 Å². The highest BCUT2D eigenvalue weighted by molar-refractivity contribution is 6.43. The summed E-state index contributed by atoms with van der Waals surface area (Å²) in [5.41, 5.74) is 8.85. The first-order chi connectivity index (χ1) is 24.8. The lowest BCUT2D eigenvalue weighted by molar-refractivity contribution is 1.47. The zero-order valence-corrected chi connectivity index (χ0v) is 28.3. The molecule has 10 rings (SSSR count). The zero-order valence-electron chi connectivity index (χ0n) is 28.3. The molecule has 240 valence electrons. The molecule has 0 aliphatic rings. The van der Waals surface area contributed by atoms with Gasteiger partial charge in [-0.2, -0.15) is 0 Å². The SMILES string of the molecule is Cc1ccc(-c2ccc3c(c2)c(=O)c2c3c3c(=O)c4cc(-c5ccc(C)cc5)ccc4c3c3c(=O)c4cc(-c5ccc(C)cc5)ccc4c23)cc1. The van der Waals surface area contributed by atoms with Crippen LogP contribution in [0.3, 0.4) is 0 Å². The van der Waals surface area contributed by atoms with Crippen molar-refractivity contribution in [3.63, 3.8) is 0 Å². The smallest absolute Gasteiger partial charge is 0.194 e. The van der Waals surface area contributed by atoms with E-state index in [1.807, 2.05) is 54.6 Å². The van der Waals surface area contributed by atoms with Crippen LogP contribution in [0.1, 0.15) is 16.7 Å². The van der Waals surface area contributed by atoms with Crippen LogP contribution in [0.2, 0.25) is 0 Å². The Kier molecular flexibility index (Phi) is 6.08. The van der Waals surface area contributed by atoms with Crippen LogP contribution in [0.5, 0.6) is 0 Å². The standard InChI is InChI=1S/C48H30O3/c1-25-4-10-28(11-5-25)31-16-19-34-37(22-31)46(49)43-40(34)44-42(36-21-18-33(24-39(36)47(44)50)30-14-8-27(3)9-15-30)45-41(43)35-20-17-32(23-38(35)48(45)51)29-12-6-26(2)7-13-29/h4-24H,1-3H3. The van der Waals surface area contributed by atoms with Crippen LogP contribution in [0.15, 0.2) is 142 Å². The van der Waals surface area contributed by atoms with Gasteiger partial charge in [-0.25, -0.2) is 0 Å². The van der Waals surface area contributed by atoms with Crippen LogP contribution < -0.4 is 16.3 Å². The topological polar surface area (TPSA) is 51.2 Å². The summed E-state index contributed by atoms with van der Waals surface area (Å²) in [6.45, 7) is 6.15. The zero-order chi connectivity index (χ0) is 34.7. The summed E-state index contributed by atoms with van der Waals surface area (Å²) in [5.74, 6) is 0. The fourth-order valence-corrected chi connectivity index (χ4v) is 8.27. The maximum absolute atomic E-state index is 14.7. The molecule has 0 unspecified atom stereocenters. The monoisotopic (exact) mass is 654 g/mol. The Hall–Kier alpha value is -6.45. The molecule has 0 saturated carbocycles. The van der Waals surface area contributed by atoms with Gasteiger partial charge in [0, 0.05) is 48.5 Å². The first kappa shape index (κ1) is 29.5. The van der Waals surface area contributed by atoms with E-state index < -0.39 is 0 Å². The van der Waals surface area contributed by atoms with Crippen molar-refractivity contribution in [2.24, 2.45) is 0 Å². The highest BCUT2D eigenvalue weighted by Crippen LogP contribution is 2.44. The van der Waals surface area contributed by atoms with Crippen LogP contribution in [0, 0.1) is 20.8 Å². The molecular formula is C48H30O3. The Morgan fingerprint density at radius 2 is 0.490 bits per heavy atom. The molecule has 3 nitrogen and oxygen atoms in total. The molecule has 0 aliphatic carbocycles. The molecule has 0 fully saturated rings. The summed E-state index contributed by atoms with van der Waals surface area (Å²) in [6, 6.07) is 42.6. The minimum Gasteiger partial charge on any atom is -0.289 e. The van der Waals surface area contributed by atoms with E-state index in [9.17, 15) is 14.4 Å². The van der Waals surface area contributed by atoms with Crippen molar-refractivity contribution in [3.8, 4) is 33.4 Å². The molecule has 10 aromatic rings. The summed E-state index contributed by atoms with van der Waals surface area (Å²) in [5, 5.41) is 7.16. The number of rotatable bonds is 3. The van der Waals surface area contributed by atoms with Crippen molar-refractivity contribution in [2.75, 3.05) is 0 Å². The molecule has 0 heterocycles. The van der Waals surface area contributed by atoms with Gasteiger partial charge in [0.15, 0.2) is 16.3 Å². The molecule has 0 radical (unpaired) electrons. The lowest BCUT2D eigenvalue weighted by Crippen LogP contribution is -2.00. The second-order valence-corrected chi connectivity index (χ2v) is 14.1. The van der Waals surface area contributed by atoms with E-state index in [1.165, 1.54) is 0 Å². The molecule has 0 saturated heterocycles. The predicted molar refractivity (Wildman–Crippen MR) is 214 cm³/mol. The van der Waals surface area contributed by atoms with E-state index in [2.05, 4.69) is 93.6 Å². The van der Waals surface area contributed by atoms with E-state index in [1.54, 1.807) is 0 Å². The maximum Gasteiger partial charge on any atom is 0.194 e. The summed E-state index contributed by atoms with van der Waals surface area (Å²) >= 11 is 0. The van der Waals surface area contributed by atoms with Crippen molar-refractivity contribution in [2.45, 2.75) is 20.8 Å². The molecule has 0 atom stereocenters. The number of hydrogen-bond acceptors (Lipinski definition) is 3. The van der Waals surface area contributed by atoms with Crippen LogP contribution in [0.4, 0.5) is 0 Å². The Morgan fingerprint density at radius 3 is 0.745 bits per heavy atom.